The van der Waals surface area contributed by atoms with Crippen LogP contribution in [-0.4, -0.2) is 30.1 Å². The molecule has 2 aromatic carbocycles. The van der Waals surface area contributed by atoms with Crippen LogP contribution in [0.25, 0.3) is 6.08 Å². The van der Waals surface area contributed by atoms with E-state index in [1.165, 1.54) is 6.08 Å². The van der Waals surface area contributed by atoms with Gasteiger partial charge in [-0.2, -0.15) is 0 Å². The fourth-order valence-electron chi connectivity index (χ4n) is 2.07. The van der Waals surface area contributed by atoms with Gasteiger partial charge in [-0.1, -0.05) is 35.9 Å². The molecule has 0 spiro atoms. The van der Waals surface area contributed by atoms with Gasteiger partial charge in [-0.25, -0.2) is 0 Å². The molecule has 2 rings (SSSR count). The zero-order valence-corrected chi connectivity index (χ0v) is 17.2. The number of amides is 2. The van der Waals surface area contributed by atoms with E-state index in [2.05, 4.69) is 16.2 Å². The average molecular weight is 434 g/mol. The lowest BCUT2D eigenvalue weighted by Gasteiger charge is -2.11. The minimum absolute atomic E-state index is 0.0579. The number of carbonyl (C=O) groups is 2. The van der Waals surface area contributed by atoms with Crippen LogP contribution in [0.4, 0.5) is 0 Å². The minimum atomic E-state index is -0.494. The van der Waals surface area contributed by atoms with Crippen LogP contribution in [0.15, 0.2) is 54.6 Å². The largest absolute Gasteiger partial charge is 0.494 e. The summed E-state index contributed by atoms with van der Waals surface area (Å²) in [4.78, 5) is 23.7. The Morgan fingerprint density at radius 3 is 2.48 bits per heavy atom. The molecule has 0 fully saturated rings. The third-order valence-corrected chi connectivity index (χ3v) is 3.88. The predicted molar refractivity (Wildman–Crippen MR) is 116 cm³/mol. The number of hydrogen-bond acceptors (Lipinski definition) is 5. The van der Waals surface area contributed by atoms with Crippen molar-refractivity contribution in [1.29, 1.82) is 0 Å². The molecular weight excluding hydrogens is 414 g/mol. The van der Waals surface area contributed by atoms with E-state index >= 15 is 0 Å². The molecule has 7 nitrogen and oxygen atoms in total. The van der Waals surface area contributed by atoms with Gasteiger partial charge < -0.3 is 9.47 Å². The predicted octanol–water partition coefficient (Wildman–Crippen LogP) is 2.85. The Balaban J connectivity index is 1.70. The molecule has 0 aliphatic heterocycles. The van der Waals surface area contributed by atoms with Crippen LogP contribution >= 0.6 is 23.8 Å². The molecule has 0 saturated heterocycles. The van der Waals surface area contributed by atoms with Gasteiger partial charge >= 0.3 is 0 Å². The molecule has 0 bridgehead atoms. The number of hydrazine groups is 1. The van der Waals surface area contributed by atoms with Crippen molar-refractivity contribution in [1.82, 2.24) is 16.2 Å². The van der Waals surface area contributed by atoms with E-state index in [0.29, 0.717) is 17.4 Å². The van der Waals surface area contributed by atoms with Gasteiger partial charge in [0.2, 0.25) is 5.91 Å². The number of ether oxygens (including phenoxy) is 2. The summed E-state index contributed by atoms with van der Waals surface area (Å²) in [5, 5.41) is 2.75. The highest BCUT2D eigenvalue weighted by molar-refractivity contribution is 7.80. The van der Waals surface area contributed by atoms with E-state index in [4.69, 9.17) is 33.3 Å². The molecule has 29 heavy (non-hydrogen) atoms. The Morgan fingerprint density at radius 2 is 1.79 bits per heavy atom. The topological polar surface area (TPSA) is 88.7 Å². The third kappa shape index (κ3) is 8.20. The standard InChI is InChI=1S/C20H20ClN3O4S/c1-2-27-15-10-7-14(8-11-15)9-12-18(25)22-20(29)24-23-19(26)13-28-17-6-4-3-5-16(17)21/h3-12H,2,13H2,1H3,(H,23,26)(H2,22,24,25,29)/b12-9+. The van der Waals surface area contributed by atoms with Crippen molar-refractivity contribution in [3.8, 4) is 11.5 Å². The Morgan fingerprint density at radius 1 is 1.07 bits per heavy atom. The molecule has 0 atom stereocenters. The molecule has 2 amide bonds. The van der Waals surface area contributed by atoms with Gasteiger partial charge in [-0.05, 0) is 55.0 Å². The van der Waals surface area contributed by atoms with Crippen molar-refractivity contribution < 1.29 is 19.1 Å². The maximum atomic E-state index is 11.9. The smallest absolute Gasteiger partial charge is 0.276 e. The molecule has 0 aliphatic carbocycles. The summed E-state index contributed by atoms with van der Waals surface area (Å²) in [5.41, 5.74) is 5.57. The van der Waals surface area contributed by atoms with E-state index in [1.807, 2.05) is 31.2 Å². The van der Waals surface area contributed by atoms with Gasteiger partial charge in [0.15, 0.2) is 11.7 Å². The number of nitrogens with one attached hydrogen (secondary N) is 3. The first kappa shape index (κ1) is 22.2. The Kier molecular flexibility index (Phi) is 8.94. The highest BCUT2D eigenvalue weighted by atomic mass is 35.5. The van der Waals surface area contributed by atoms with Crippen LogP contribution in [0.1, 0.15) is 12.5 Å². The van der Waals surface area contributed by atoms with Crippen LogP contribution in [0.3, 0.4) is 0 Å². The second-order valence-electron chi connectivity index (χ2n) is 5.55. The molecule has 152 valence electrons. The quantitative estimate of drug-likeness (QED) is 0.353. The number of benzene rings is 2. The first-order valence-corrected chi connectivity index (χ1v) is 9.44. The summed E-state index contributed by atoms with van der Waals surface area (Å²) < 4.78 is 10.6. The van der Waals surface area contributed by atoms with Crippen LogP contribution < -0.4 is 25.6 Å². The molecule has 3 N–H and O–H groups in total. The van der Waals surface area contributed by atoms with Crippen molar-refractivity contribution >= 4 is 46.8 Å². The number of carbonyl (C=O) groups excluding carboxylic acids is 2. The molecular formula is C20H20ClN3O4S. The van der Waals surface area contributed by atoms with E-state index < -0.39 is 11.8 Å². The molecule has 2 aromatic rings. The van der Waals surface area contributed by atoms with Crippen LogP contribution in [0.5, 0.6) is 11.5 Å². The summed E-state index contributed by atoms with van der Waals surface area (Å²) in [7, 11) is 0. The minimum Gasteiger partial charge on any atom is -0.494 e. The van der Waals surface area contributed by atoms with Crippen LogP contribution in [0.2, 0.25) is 5.02 Å². The van der Waals surface area contributed by atoms with Crippen molar-refractivity contribution in [2.24, 2.45) is 0 Å². The molecule has 0 aromatic heterocycles. The number of rotatable bonds is 7. The lowest BCUT2D eigenvalue weighted by Crippen LogP contribution is -2.49. The van der Waals surface area contributed by atoms with Crippen molar-refractivity contribution in [2.45, 2.75) is 6.92 Å². The SMILES string of the molecule is CCOc1ccc(/C=C/C(=O)NC(=S)NNC(=O)COc2ccccc2Cl)cc1. The number of thiocarbonyl (C=S) groups is 1. The fraction of sp³-hybridized carbons (Fsp3) is 0.150. The maximum absolute atomic E-state index is 11.9. The normalized spacial score (nSPS) is 10.3. The molecule has 0 radical (unpaired) electrons. The summed E-state index contributed by atoms with van der Waals surface area (Å²) >= 11 is 10.9. The molecule has 0 aliphatic rings. The first-order valence-electron chi connectivity index (χ1n) is 8.66. The summed E-state index contributed by atoms with van der Waals surface area (Å²) in [5.74, 6) is 0.206. The Hall–Kier alpha value is -3.10. The van der Waals surface area contributed by atoms with Crippen LogP contribution in [0, 0.1) is 0 Å². The third-order valence-electron chi connectivity index (χ3n) is 3.37. The van der Waals surface area contributed by atoms with Gasteiger partial charge in [-0.3, -0.25) is 25.8 Å². The first-order chi connectivity index (χ1) is 14.0. The monoisotopic (exact) mass is 433 g/mol. The average Bonchev–Trinajstić information content (AvgIpc) is 2.71. The highest BCUT2D eigenvalue weighted by Crippen LogP contribution is 2.22. The second kappa shape index (κ2) is 11.7. The number of halogens is 1. The van der Waals surface area contributed by atoms with E-state index in [0.717, 1.165) is 11.3 Å². The molecule has 9 heteroatoms. The fourth-order valence-corrected chi connectivity index (χ4v) is 2.41. The van der Waals surface area contributed by atoms with Gasteiger partial charge in [0, 0.05) is 6.08 Å². The van der Waals surface area contributed by atoms with Crippen LogP contribution in [-0.2, 0) is 9.59 Å². The lowest BCUT2D eigenvalue weighted by atomic mass is 10.2. The molecule has 0 saturated carbocycles. The van der Waals surface area contributed by atoms with Crippen molar-refractivity contribution in [2.75, 3.05) is 13.2 Å². The van der Waals surface area contributed by atoms with E-state index in [9.17, 15) is 9.59 Å². The second-order valence-corrected chi connectivity index (χ2v) is 6.36. The molecule has 0 heterocycles. The Labute approximate surface area is 179 Å². The van der Waals surface area contributed by atoms with Gasteiger partial charge in [-0.15, -0.1) is 0 Å². The van der Waals surface area contributed by atoms with Crippen molar-refractivity contribution in [3.05, 3.63) is 65.2 Å². The van der Waals surface area contributed by atoms with Gasteiger partial charge in [0.25, 0.3) is 5.91 Å². The molecule has 0 unspecified atom stereocenters. The van der Waals surface area contributed by atoms with E-state index in [1.54, 1.807) is 30.3 Å². The lowest BCUT2D eigenvalue weighted by molar-refractivity contribution is -0.123. The number of hydrogen-bond donors (Lipinski definition) is 3. The van der Waals surface area contributed by atoms with Crippen molar-refractivity contribution in [3.63, 3.8) is 0 Å². The Bertz CT molecular complexity index is 888. The summed E-state index contributed by atoms with van der Waals surface area (Å²) in [6.45, 7) is 2.22. The van der Waals surface area contributed by atoms with E-state index in [-0.39, 0.29) is 11.7 Å². The number of para-hydroxylation sites is 1. The zero-order valence-electron chi connectivity index (χ0n) is 15.6. The summed E-state index contributed by atoms with van der Waals surface area (Å²) in [6, 6.07) is 14.1. The summed E-state index contributed by atoms with van der Waals surface area (Å²) in [6.07, 6.45) is 2.95. The highest BCUT2D eigenvalue weighted by Gasteiger charge is 2.06. The zero-order chi connectivity index (χ0) is 21.1. The maximum Gasteiger partial charge on any atom is 0.276 e. The van der Waals surface area contributed by atoms with Gasteiger partial charge in [0.1, 0.15) is 11.5 Å². The van der Waals surface area contributed by atoms with Gasteiger partial charge in [0.05, 0.1) is 11.6 Å².